The number of hydrogen-bond acceptors (Lipinski definition) is 7. The van der Waals surface area contributed by atoms with Gasteiger partial charge in [0.05, 0.1) is 12.7 Å². The summed E-state index contributed by atoms with van der Waals surface area (Å²) in [6.45, 7) is -0.517. The highest BCUT2D eigenvalue weighted by atomic mass is 35.5. The highest BCUT2D eigenvalue weighted by Gasteiger charge is 2.44. The summed E-state index contributed by atoms with van der Waals surface area (Å²) in [5.74, 6) is 1.24. The average molecular weight is 451 g/mol. The Hall–Kier alpha value is -1.87. The van der Waals surface area contributed by atoms with Crippen LogP contribution in [0.25, 0.3) is 0 Å². The monoisotopic (exact) mass is 450 g/mol. The Morgan fingerprint density at radius 1 is 0.903 bits per heavy atom. The van der Waals surface area contributed by atoms with Gasteiger partial charge in [-0.25, -0.2) is 0 Å². The first-order valence-electron chi connectivity index (χ1n) is 10.5. The Morgan fingerprint density at radius 2 is 1.61 bits per heavy atom. The lowest BCUT2D eigenvalue weighted by Gasteiger charge is -2.39. The van der Waals surface area contributed by atoms with Crippen LogP contribution in [0.3, 0.4) is 0 Å². The van der Waals surface area contributed by atoms with Crippen molar-refractivity contribution in [1.82, 2.24) is 0 Å². The lowest BCUT2D eigenvalue weighted by molar-refractivity contribution is -0.277. The van der Waals surface area contributed by atoms with Crippen molar-refractivity contribution in [3.05, 3.63) is 58.6 Å². The van der Waals surface area contributed by atoms with E-state index in [1.165, 1.54) is 6.42 Å². The third-order valence-electron chi connectivity index (χ3n) is 5.79. The summed E-state index contributed by atoms with van der Waals surface area (Å²) in [5, 5.41) is 39.9. The molecule has 0 radical (unpaired) electrons. The van der Waals surface area contributed by atoms with Crippen molar-refractivity contribution >= 4 is 11.6 Å². The molecule has 4 N–H and O–H groups in total. The molecule has 4 rings (SSSR count). The molecule has 31 heavy (non-hydrogen) atoms. The van der Waals surface area contributed by atoms with Crippen molar-refractivity contribution < 1.29 is 34.6 Å². The van der Waals surface area contributed by atoms with Gasteiger partial charge in [-0.05, 0) is 67.1 Å². The van der Waals surface area contributed by atoms with E-state index < -0.39 is 37.3 Å². The summed E-state index contributed by atoms with van der Waals surface area (Å²) in [7, 11) is 0. The number of aliphatic hydroxyl groups excluding tert-OH is 4. The normalized spacial score (nSPS) is 28.7. The van der Waals surface area contributed by atoms with E-state index in [-0.39, 0.29) is 0 Å². The van der Waals surface area contributed by atoms with E-state index in [1.54, 1.807) is 18.2 Å². The smallest absolute Gasteiger partial charge is 0.229 e. The van der Waals surface area contributed by atoms with Crippen LogP contribution in [-0.2, 0) is 11.2 Å². The van der Waals surface area contributed by atoms with Crippen LogP contribution in [0.15, 0.2) is 42.5 Å². The summed E-state index contributed by atoms with van der Waals surface area (Å²) in [6.07, 6.45) is -2.34. The van der Waals surface area contributed by atoms with Gasteiger partial charge in [-0.2, -0.15) is 0 Å². The van der Waals surface area contributed by atoms with Crippen molar-refractivity contribution in [2.45, 2.75) is 62.5 Å². The van der Waals surface area contributed by atoms with E-state index in [0.717, 1.165) is 29.7 Å². The predicted molar refractivity (Wildman–Crippen MR) is 113 cm³/mol. The number of rotatable bonds is 7. The minimum Gasteiger partial charge on any atom is -0.490 e. The zero-order valence-electron chi connectivity index (χ0n) is 16.9. The molecule has 5 atom stereocenters. The Kier molecular flexibility index (Phi) is 7.01. The minimum atomic E-state index is -1.50. The number of hydrogen-bond donors (Lipinski definition) is 4. The first-order chi connectivity index (χ1) is 14.9. The van der Waals surface area contributed by atoms with Gasteiger partial charge in [0.2, 0.25) is 6.29 Å². The van der Waals surface area contributed by atoms with E-state index in [0.29, 0.717) is 23.3 Å². The lowest BCUT2D eigenvalue weighted by atomic mass is 9.96. The number of aliphatic hydroxyl groups is 4. The molecule has 1 saturated carbocycles. The Labute approximate surface area is 185 Å². The molecule has 1 aliphatic heterocycles. The third kappa shape index (κ3) is 5.14. The fourth-order valence-corrected chi connectivity index (χ4v) is 3.83. The topological polar surface area (TPSA) is 109 Å². The first-order valence-corrected chi connectivity index (χ1v) is 10.8. The van der Waals surface area contributed by atoms with E-state index in [2.05, 4.69) is 0 Å². The van der Waals surface area contributed by atoms with Gasteiger partial charge in [-0.1, -0.05) is 23.7 Å². The Balaban J connectivity index is 1.43. The van der Waals surface area contributed by atoms with E-state index in [9.17, 15) is 20.4 Å². The zero-order valence-corrected chi connectivity index (χ0v) is 17.7. The van der Waals surface area contributed by atoms with Gasteiger partial charge in [0.25, 0.3) is 0 Å². The van der Waals surface area contributed by atoms with Gasteiger partial charge in [0.15, 0.2) is 0 Å². The second kappa shape index (κ2) is 9.73. The largest absolute Gasteiger partial charge is 0.490 e. The summed E-state index contributed by atoms with van der Waals surface area (Å²) in [4.78, 5) is 0. The van der Waals surface area contributed by atoms with Gasteiger partial charge in [0, 0.05) is 5.02 Å². The molecule has 1 saturated heterocycles. The van der Waals surface area contributed by atoms with Crippen LogP contribution in [0.1, 0.15) is 30.4 Å². The Bertz CT molecular complexity index is 869. The standard InChI is InChI=1S/C23H27ClO7/c24-18-9-8-17(30-23-22(28)21(27)20(26)19(12-25)31-23)11-14(18)10-13-4-6-16(7-5-13)29-15-2-1-3-15/h4-9,11,15,19-23,25-28H,1-3,10,12H2/t19-,20-,21+,22-,23-/m1/s1. The highest BCUT2D eigenvalue weighted by Crippen LogP contribution is 2.30. The predicted octanol–water partition coefficient (Wildman–Crippen LogP) is 2.04. The average Bonchev–Trinajstić information content (AvgIpc) is 2.74. The van der Waals surface area contributed by atoms with E-state index in [1.807, 2.05) is 24.3 Å². The van der Waals surface area contributed by atoms with Crippen molar-refractivity contribution in [3.63, 3.8) is 0 Å². The van der Waals surface area contributed by atoms with Crippen LogP contribution in [0.5, 0.6) is 11.5 Å². The molecular weight excluding hydrogens is 424 g/mol. The molecule has 0 spiro atoms. The summed E-state index contributed by atoms with van der Waals surface area (Å²) in [5.41, 5.74) is 1.87. The SMILES string of the molecule is OC[C@H]1O[C@@H](Oc2ccc(Cl)c(Cc3ccc(OC4CCC4)cc3)c2)[C@H](O)[C@@H](O)[C@@H]1O. The summed E-state index contributed by atoms with van der Waals surface area (Å²) in [6, 6.07) is 13.0. The first kappa shape index (κ1) is 22.3. The molecular formula is C23H27ClO7. The minimum absolute atomic E-state index is 0.330. The van der Waals surface area contributed by atoms with Gasteiger partial charge < -0.3 is 34.6 Å². The molecule has 2 aromatic carbocycles. The van der Waals surface area contributed by atoms with Crippen LogP contribution in [0.4, 0.5) is 0 Å². The van der Waals surface area contributed by atoms with Crippen LogP contribution < -0.4 is 9.47 Å². The van der Waals surface area contributed by atoms with E-state index >= 15 is 0 Å². The molecule has 0 bridgehead atoms. The van der Waals surface area contributed by atoms with Gasteiger partial charge in [-0.15, -0.1) is 0 Å². The van der Waals surface area contributed by atoms with Crippen LogP contribution in [0, 0.1) is 0 Å². The van der Waals surface area contributed by atoms with E-state index in [4.69, 9.17) is 25.8 Å². The van der Waals surface area contributed by atoms with Crippen molar-refractivity contribution in [1.29, 1.82) is 0 Å². The molecule has 2 aliphatic rings. The summed E-state index contributed by atoms with van der Waals surface area (Å²) < 4.78 is 17.0. The quantitative estimate of drug-likeness (QED) is 0.511. The lowest BCUT2D eigenvalue weighted by Crippen LogP contribution is -2.60. The number of halogens is 1. The van der Waals surface area contributed by atoms with Gasteiger partial charge >= 0.3 is 0 Å². The number of ether oxygens (including phenoxy) is 3. The van der Waals surface area contributed by atoms with Crippen LogP contribution in [-0.4, -0.2) is 63.8 Å². The summed E-state index contributed by atoms with van der Waals surface area (Å²) >= 11 is 6.36. The molecule has 0 amide bonds. The van der Waals surface area contributed by atoms with Crippen molar-refractivity contribution in [3.8, 4) is 11.5 Å². The molecule has 168 valence electrons. The molecule has 2 fully saturated rings. The molecule has 1 heterocycles. The zero-order chi connectivity index (χ0) is 22.0. The highest BCUT2D eigenvalue weighted by molar-refractivity contribution is 6.31. The molecule has 8 heteroatoms. The maximum atomic E-state index is 10.2. The fourth-order valence-electron chi connectivity index (χ4n) is 3.65. The second-order valence-electron chi connectivity index (χ2n) is 8.06. The van der Waals surface area contributed by atoms with Gasteiger partial charge in [-0.3, -0.25) is 0 Å². The molecule has 0 unspecified atom stereocenters. The molecule has 0 aromatic heterocycles. The van der Waals surface area contributed by atoms with Crippen LogP contribution in [0.2, 0.25) is 5.02 Å². The second-order valence-corrected chi connectivity index (χ2v) is 8.47. The van der Waals surface area contributed by atoms with Gasteiger partial charge in [0.1, 0.15) is 35.9 Å². The maximum Gasteiger partial charge on any atom is 0.229 e. The fraction of sp³-hybridized carbons (Fsp3) is 0.478. The Morgan fingerprint density at radius 3 is 2.26 bits per heavy atom. The molecule has 7 nitrogen and oxygen atoms in total. The maximum absolute atomic E-state index is 10.2. The van der Waals surface area contributed by atoms with Crippen molar-refractivity contribution in [2.75, 3.05) is 6.61 Å². The molecule has 1 aliphatic carbocycles. The van der Waals surface area contributed by atoms with Crippen LogP contribution >= 0.6 is 11.6 Å². The number of benzene rings is 2. The third-order valence-corrected chi connectivity index (χ3v) is 6.16. The molecule has 2 aromatic rings. The van der Waals surface area contributed by atoms with Crippen molar-refractivity contribution in [2.24, 2.45) is 0 Å².